The van der Waals surface area contributed by atoms with Gasteiger partial charge >= 0.3 is 0 Å². The molecular weight excluding hydrogens is 292 g/mol. The summed E-state index contributed by atoms with van der Waals surface area (Å²) in [4.78, 5) is 5.37. The zero-order chi connectivity index (χ0) is 15.4. The summed E-state index contributed by atoms with van der Waals surface area (Å²) in [6.45, 7) is 9.21. The van der Waals surface area contributed by atoms with Crippen LogP contribution in [0.1, 0.15) is 28.3 Å². The van der Waals surface area contributed by atoms with Crippen LogP contribution in [0.5, 0.6) is 5.75 Å². The van der Waals surface area contributed by atoms with Crippen molar-refractivity contribution in [3.63, 3.8) is 0 Å². The Morgan fingerprint density at radius 2 is 2.05 bits per heavy atom. The number of nitrogens with one attached hydrogen (secondary N) is 1. The normalized spacial score (nSPS) is 17.4. The molecule has 1 N–H and O–H groups in total. The van der Waals surface area contributed by atoms with Crippen molar-refractivity contribution in [3.8, 4) is 5.75 Å². The molecule has 0 aliphatic carbocycles. The molecule has 2 aromatic rings. The van der Waals surface area contributed by atoms with Crippen molar-refractivity contribution in [2.75, 3.05) is 32.8 Å². The molecule has 22 heavy (non-hydrogen) atoms. The van der Waals surface area contributed by atoms with Gasteiger partial charge in [-0.3, -0.25) is 4.90 Å². The third-order valence-corrected chi connectivity index (χ3v) is 5.09. The first-order valence-corrected chi connectivity index (χ1v) is 8.83. The predicted octanol–water partition coefficient (Wildman–Crippen LogP) is 3.45. The van der Waals surface area contributed by atoms with Crippen molar-refractivity contribution in [2.24, 2.45) is 0 Å². The monoisotopic (exact) mass is 316 g/mol. The summed E-state index contributed by atoms with van der Waals surface area (Å²) in [5.74, 6) is 0.966. The fraction of sp³-hybridized carbons (Fsp3) is 0.444. The fourth-order valence-electron chi connectivity index (χ4n) is 3.04. The van der Waals surface area contributed by atoms with Gasteiger partial charge in [-0.05, 0) is 43.7 Å². The number of aryl methyl sites for hydroxylation is 1. The summed E-state index contributed by atoms with van der Waals surface area (Å²) in [6.07, 6.45) is 0. The number of thiophene rings is 1. The number of hydrogen-bond donors (Lipinski definition) is 1. The zero-order valence-corrected chi connectivity index (χ0v) is 14.2. The summed E-state index contributed by atoms with van der Waals surface area (Å²) in [6, 6.07) is 13.4. The Morgan fingerprint density at radius 3 is 2.73 bits per heavy atom. The number of rotatable bonds is 5. The third-order valence-electron chi connectivity index (χ3n) is 4.03. The smallest absolute Gasteiger partial charge is 0.119 e. The molecule has 1 saturated heterocycles. The molecule has 0 spiro atoms. The lowest BCUT2D eigenvalue weighted by Gasteiger charge is -2.35. The second-order valence-electron chi connectivity index (χ2n) is 5.64. The Morgan fingerprint density at radius 1 is 1.23 bits per heavy atom. The van der Waals surface area contributed by atoms with Crippen molar-refractivity contribution in [1.29, 1.82) is 0 Å². The van der Waals surface area contributed by atoms with E-state index in [1.54, 1.807) is 0 Å². The van der Waals surface area contributed by atoms with Crippen LogP contribution in [0.4, 0.5) is 0 Å². The molecular formula is C18H24N2OS. The molecule has 118 valence electrons. The molecule has 1 fully saturated rings. The molecule has 0 amide bonds. The highest BCUT2D eigenvalue weighted by Crippen LogP contribution is 2.34. The first-order chi connectivity index (χ1) is 10.8. The van der Waals surface area contributed by atoms with Crippen molar-refractivity contribution < 1.29 is 4.74 Å². The maximum Gasteiger partial charge on any atom is 0.119 e. The Labute approximate surface area is 136 Å². The van der Waals surface area contributed by atoms with E-state index >= 15 is 0 Å². The summed E-state index contributed by atoms with van der Waals surface area (Å²) >= 11 is 1.90. The quantitative estimate of drug-likeness (QED) is 0.914. The molecule has 0 radical (unpaired) electrons. The maximum atomic E-state index is 5.70. The largest absolute Gasteiger partial charge is 0.494 e. The highest BCUT2D eigenvalue weighted by Gasteiger charge is 2.25. The van der Waals surface area contributed by atoms with Gasteiger partial charge in [0.15, 0.2) is 0 Å². The molecule has 4 heteroatoms. The Hall–Kier alpha value is -1.36. The van der Waals surface area contributed by atoms with Gasteiger partial charge in [0.1, 0.15) is 5.75 Å². The lowest BCUT2D eigenvalue weighted by atomic mass is 10.0. The van der Waals surface area contributed by atoms with E-state index in [0.717, 1.165) is 31.9 Å². The lowest BCUT2D eigenvalue weighted by Crippen LogP contribution is -2.45. The van der Waals surface area contributed by atoms with E-state index in [2.05, 4.69) is 47.5 Å². The van der Waals surface area contributed by atoms with Gasteiger partial charge in [-0.25, -0.2) is 0 Å². The second kappa shape index (κ2) is 7.27. The minimum absolute atomic E-state index is 0.334. The molecule has 1 unspecified atom stereocenters. The van der Waals surface area contributed by atoms with E-state index in [-0.39, 0.29) is 0 Å². The number of benzene rings is 1. The molecule has 0 bridgehead atoms. The van der Waals surface area contributed by atoms with Gasteiger partial charge in [-0.15, -0.1) is 11.3 Å². The fourth-order valence-corrected chi connectivity index (χ4v) is 4.08. The van der Waals surface area contributed by atoms with Crippen LogP contribution < -0.4 is 10.1 Å². The number of piperazine rings is 1. The van der Waals surface area contributed by atoms with Crippen molar-refractivity contribution in [2.45, 2.75) is 19.9 Å². The molecule has 1 aliphatic rings. The van der Waals surface area contributed by atoms with E-state index in [1.807, 2.05) is 24.3 Å². The summed E-state index contributed by atoms with van der Waals surface area (Å²) in [5.41, 5.74) is 1.33. The van der Waals surface area contributed by atoms with Crippen LogP contribution in [-0.2, 0) is 0 Å². The van der Waals surface area contributed by atoms with Gasteiger partial charge < -0.3 is 10.1 Å². The second-order valence-corrected chi connectivity index (χ2v) is 6.96. The summed E-state index contributed by atoms with van der Waals surface area (Å²) < 4.78 is 5.70. The molecule has 0 saturated carbocycles. The van der Waals surface area contributed by atoms with Crippen molar-refractivity contribution in [3.05, 3.63) is 51.7 Å². The zero-order valence-electron chi connectivity index (χ0n) is 13.3. The van der Waals surface area contributed by atoms with Crippen LogP contribution >= 0.6 is 11.3 Å². The maximum absolute atomic E-state index is 5.70. The van der Waals surface area contributed by atoms with E-state index in [0.29, 0.717) is 12.6 Å². The predicted molar refractivity (Wildman–Crippen MR) is 93.0 cm³/mol. The van der Waals surface area contributed by atoms with E-state index in [9.17, 15) is 0 Å². The molecule has 2 heterocycles. The Kier molecular flexibility index (Phi) is 5.13. The van der Waals surface area contributed by atoms with Crippen LogP contribution in [0.25, 0.3) is 0 Å². The van der Waals surface area contributed by atoms with Gasteiger partial charge in [0, 0.05) is 35.9 Å². The average Bonchev–Trinajstić information content (AvgIpc) is 2.96. The van der Waals surface area contributed by atoms with Crippen LogP contribution in [0.3, 0.4) is 0 Å². The summed E-state index contributed by atoms with van der Waals surface area (Å²) in [5, 5.41) is 3.45. The van der Waals surface area contributed by atoms with E-state index < -0.39 is 0 Å². The molecule has 1 aliphatic heterocycles. The van der Waals surface area contributed by atoms with Gasteiger partial charge in [-0.1, -0.05) is 12.1 Å². The number of hydrogen-bond acceptors (Lipinski definition) is 4. The third kappa shape index (κ3) is 3.51. The van der Waals surface area contributed by atoms with Crippen LogP contribution in [0.2, 0.25) is 0 Å². The minimum atomic E-state index is 0.334. The van der Waals surface area contributed by atoms with Crippen molar-refractivity contribution in [1.82, 2.24) is 10.2 Å². The Balaban J connectivity index is 1.95. The van der Waals surface area contributed by atoms with Gasteiger partial charge in [0.05, 0.1) is 12.6 Å². The molecule has 1 aromatic heterocycles. The molecule has 1 aromatic carbocycles. The molecule has 1 atom stereocenters. The van der Waals surface area contributed by atoms with Crippen LogP contribution in [-0.4, -0.2) is 37.7 Å². The lowest BCUT2D eigenvalue weighted by molar-refractivity contribution is 0.200. The first kappa shape index (κ1) is 15.5. The van der Waals surface area contributed by atoms with Crippen LogP contribution in [0, 0.1) is 6.92 Å². The minimum Gasteiger partial charge on any atom is -0.494 e. The standard InChI is InChI=1S/C18H24N2OS/c1-3-21-16-6-4-5-15(13-16)18(17-8-7-14(2)22-17)20-11-9-19-10-12-20/h4-8,13,18-19H,3,9-12H2,1-2H3. The summed E-state index contributed by atoms with van der Waals surface area (Å²) in [7, 11) is 0. The van der Waals surface area contributed by atoms with Gasteiger partial charge in [0.2, 0.25) is 0 Å². The highest BCUT2D eigenvalue weighted by molar-refractivity contribution is 7.12. The average molecular weight is 316 g/mol. The Bertz CT molecular complexity index is 605. The number of ether oxygens (including phenoxy) is 1. The topological polar surface area (TPSA) is 24.5 Å². The van der Waals surface area contributed by atoms with E-state index in [4.69, 9.17) is 4.74 Å². The highest BCUT2D eigenvalue weighted by atomic mass is 32.1. The van der Waals surface area contributed by atoms with Crippen molar-refractivity contribution >= 4 is 11.3 Å². The molecule has 3 nitrogen and oxygen atoms in total. The molecule has 3 rings (SSSR count). The van der Waals surface area contributed by atoms with Gasteiger partial charge in [0.25, 0.3) is 0 Å². The van der Waals surface area contributed by atoms with Gasteiger partial charge in [-0.2, -0.15) is 0 Å². The number of nitrogens with zero attached hydrogens (tertiary/aromatic N) is 1. The van der Waals surface area contributed by atoms with E-state index in [1.165, 1.54) is 15.3 Å². The van der Waals surface area contributed by atoms with Crippen LogP contribution in [0.15, 0.2) is 36.4 Å². The first-order valence-electron chi connectivity index (χ1n) is 8.02. The SMILES string of the molecule is CCOc1cccc(C(c2ccc(C)s2)N2CCNCC2)c1.